The lowest BCUT2D eigenvalue weighted by Crippen LogP contribution is -2.61. The van der Waals surface area contributed by atoms with Crippen LogP contribution in [0.5, 0.6) is 0 Å². The van der Waals surface area contributed by atoms with Gasteiger partial charge in [0, 0.05) is 12.8 Å². The van der Waals surface area contributed by atoms with Crippen molar-refractivity contribution < 1.29 is 28.8 Å². The first-order chi connectivity index (χ1) is 23.5. The largest absolute Gasteiger partial charge is 0.466 e. The van der Waals surface area contributed by atoms with Crippen molar-refractivity contribution in [1.82, 2.24) is 0 Å². The van der Waals surface area contributed by atoms with Crippen molar-refractivity contribution in [2.75, 3.05) is 6.61 Å². The Kier molecular flexibility index (Phi) is 10.1. The minimum atomic E-state index is -0.915. The predicted molar refractivity (Wildman–Crippen MR) is 190 cm³/mol. The summed E-state index contributed by atoms with van der Waals surface area (Å²) in [6, 6.07) is 21.2. The molecular weight excluding hydrogens is 612 g/mol. The summed E-state index contributed by atoms with van der Waals surface area (Å²) in [5.74, 6) is 2.28. The molecule has 2 aromatic rings. The highest BCUT2D eigenvalue weighted by atomic mass is 16.5. The molecule has 0 aromatic heterocycles. The van der Waals surface area contributed by atoms with Crippen molar-refractivity contribution in [3.05, 3.63) is 71.8 Å². The van der Waals surface area contributed by atoms with Crippen molar-refractivity contribution >= 4 is 5.97 Å². The van der Waals surface area contributed by atoms with Crippen molar-refractivity contribution in [2.45, 2.75) is 136 Å². The van der Waals surface area contributed by atoms with Crippen molar-refractivity contribution in [1.29, 1.82) is 0 Å². The average molecular weight is 673 g/mol. The summed E-state index contributed by atoms with van der Waals surface area (Å²) in [6.45, 7) is 12.4. The van der Waals surface area contributed by atoms with Gasteiger partial charge in [-0.1, -0.05) is 81.4 Å². The summed E-state index contributed by atoms with van der Waals surface area (Å²) in [5, 5.41) is 12.4. The van der Waals surface area contributed by atoms with E-state index in [4.69, 9.17) is 18.9 Å². The molecule has 2 aromatic carbocycles. The normalized spacial score (nSPS) is 41.6. The smallest absolute Gasteiger partial charge is 0.302 e. The van der Waals surface area contributed by atoms with Crippen LogP contribution in [0.4, 0.5) is 0 Å². The van der Waals surface area contributed by atoms with E-state index in [2.05, 4.69) is 81.4 Å². The number of ether oxygens (including phenoxy) is 4. The standard InChI is InChI=1S/C43H60O6/c1-28(25-46-29(2)44)16-19-38-43(5,45)40-36(49-38)23-35-34-18-17-32-22-33(47-26-30-12-8-6-9-13-30)20-21-41(32,3)39(34)37(24-42(35,40)4)48-27-31-14-10-7-11-15-31/h6-15,28,32-40,45H,16-27H2,1-5H3/t28-,32+,33-,34+,35+,36+,37+,38+,39-,40+,41+,42+,43-/m1/s1. The third kappa shape index (κ3) is 6.77. The van der Waals surface area contributed by atoms with Gasteiger partial charge >= 0.3 is 5.97 Å². The monoisotopic (exact) mass is 672 g/mol. The van der Waals surface area contributed by atoms with Gasteiger partial charge in [-0.05, 0) is 116 Å². The average Bonchev–Trinajstić information content (AvgIpc) is 3.54. The van der Waals surface area contributed by atoms with Crippen LogP contribution in [0.25, 0.3) is 0 Å². The van der Waals surface area contributed by atoms with Crippen LogP contribution in [0.1, 0.15) is 104 Å². The molecule has 0 spiro atoms. The van der Waals surface area contributed by atoms with Crippen LogP contribution in [-0.4, -0.2) is 47.7 Å². The molecule has 4 saturated carbocycles. The van der Waals surface area contributed by atoms with Crippen LogP contribution >= 0.6 is 0 Å². The SMILES string of the molecule is CC(=O)OC[C@H](C)CC[C@@H]1O[C@H]2C[C@H]3[C@@H]4CC[C@H]5C[C@H](OCc6ccccc6)CC[C@]5(C)[C@H]4[C@@H](OCc4ccccc4)C[C@]3(C)[C@H]2[C@]1(C)O. The molecule has 1 aliphatic heterocycles. The molecule has 1 saturated heterocycles. The summed E-state index contributed by atoms with van der Waals surface area (Å²) < 4.78 is 25.8. The molecule has 268 valence electrons. The number of rotatable bonds is 11. The number of aliphatic hydroxyl groups is 1. The van der Waals surface area contributed by atoms with Gasteiger partial charge in [0.05, 0.1) is 49.8 Å². The minimum absolute atomic E-state index is 0.0615. The van der Waals surface area contributed by atoms with Crippen LogP contribution in [-0.2, 0) is 37.0 Å². The fraction of sp³-hybridized carbons (Fsp3) is 0.698. The molecule has 0 radical (unpaired) electrons. The van der Waals surface area contributed by atoms with Gasteiger partial charge in [0.1, 0.15) is 0 Å². The zero-order valence-corrected chi connectivity index (χ0v) is 30.5. The molecule has 7 rings (SSSR count). The van der Waals surface area contributed by atoms with Gasteiger partial charge in [-0.2, -0.15) is 0 Å². The molecule has 5 fully saturated rings. The second kappa shape index (κ2) is 14.1. The van der Waals surface area contributed by atoms with E-state index in [1.54, 1.807) is 0 Å². The Morgan fingerprint density at radius 1 is 0.918 bits per heavy atom. The lowest BCUT2D eigenvalue weighted by atomic mass is 9.43. The lowest BCUT2D eigenvalue weighted by Gasteiger charge is -2.63. The van der Waals surface area contributed by atoms with Crippen LogP contribution in [0.2, 0.25) is 0 Å². The topological polar surface area (TPSA) is 74.2 Å². The molecule has 0 unspecified atom stereocenters. The van der Waals surface area contributed by atoms with Crippen molar-refractivity contribution in [3.63, 3.8) is 0 Å². The van der Waals surface area contributed by atoms with Gasteiger partial charge in [0.2, 0.25) is 0 Å². The summed E-state index contributed by atoms with van der Waals surface area (Å²) in [7, 11) is 0. The zero-order chi connectivity index (χ0) is 34.4. The first-order valence-corrected chi connectivity index (χ1v) is 19.3. The second-order valence-electron chi connectivity index (χ2n) is 17.4. The third-order valence-corrected chi connectivity index (χ3v) is 14.3. The Morgan fingerprint density at radius 3 is 2.27 bits per heavy atom. The fourth-order valence-electron chi connectivity index (χ4n) is 12.0. The number of carbonyl (C=O) groups is 1. The number of benzene rings is 2. The summed E-state index contributed by atoms with van der Waals surface area (Å²) in [5.41, 5.74) is 1.71. The highest BCUT2D eigenvalue weighted by Gasteiger charge is 2.71. The van der Waals surface area contributed by atoms with Gasteiger partial charge < -0.3 is 24.1 Å². The van der Waals surface area contributed by atoms with Crippen molar-refractivity contribution in [2.24, 2.45) is 46.3 Å². The van der Waals surface area contributed by atoms with E-state index in [-0.39, 0.29) is 46.9 Å². The quantitative estimate of drug-likeness (QED) is 0.241. The van der Waals surface area contributed by atoms with Gasteiger partial charge in [-0.15, -0.1) is 0 Å². The zero-order valence-electron chi connectivity index (χ0n) is 30.5. The van der Waals surface area contributed by atoms with E-state index in [9.17, 15) is 9.90 Å². The molecule has 6 heteroatoms. The molecular formula is C43H60O6. The molecule has 4 aliphatic carbocycles. The molecule has 13 atom stereocenters. The molecule has 1 heterocycles. The number of fused-ring (bicyclic) bond motifs is 7. The van der Waals surface area contributed by atoms with Gasteiger partial charge in [-0.25, -0.2) is 0 Å². The van der Waals surface area contributed by atoms with Crippen LogP contribution < -0.4 is 0 Å². The Balaban J connectivity index is 1.10. The highest BCUT2D eigenvalue weighted by Crippen LogP contribution is 2.71. The Hall–Kier alpha value is -2.25. The number of hydrogen-bond donors (Lipinski definition) is 1. The predicted octanol–water partition coefficient (Wildman–Crippen LogP) is 8.53. The first kappa shape index (κ1) is 35.2. The first-order valence-electron chi connectivity index (χ1n) is 19.3. The molecule has 0 amide bonds. The maximum atomic E-state index is 12.4. The van der Waals surface area contributed by atoms with Gasteiger partial charge in [0.25, 0.3) is 0 Å². The van der Waals surface area contributed by atoms with Gasteiger partial charge in [0.15, 0.2) is 0 Å². The molecule has 5 aliphatic rings. The molecule has 1 N–H and O–H groups in total. The Bertz CT molecular complexity index is 1410. The Labute approximate surface area is 294 Å². The molecule has 0 bridgehead atoms. The fourth-order valence-corrected chi connectivity index (χ4v) is 12.0. The number of hydrogen-bond acceptors (Lipinski definition) is 6. The highest BCUT2D eigenvalue weighted by molar-refractivity contribution is 5.65. The summed E-state index contributed by atoms with van der Waals surface area (Å²) in [4.78, 5) is 11.4. The number of esters is 1. The maximum Gasteiger partial charge on any atom is 0.302 e. The molecule has 49 heavy (non-hydrogen) atoms. The van der Waals surface area contributed by atoms with Crippen LogP contribution in [0.15, 0.2) is 60.7 Å². The third-order valence-electron chi connectivity index (χ3n) is 14.3. The minimum Gasteiger partial charge on any atom is -0.466 e. The van der Waals surface area contributed by atoms with Crippen LogP contribution in [0.3, 0.4) is 0 Å². The molecule has 6 nitrogen and oxygen atoms in total. The van der Waals surface area contributed by atoms with E-state index in [0.717, 1.165) is 38.5 Å². The van der Waals surface area contributed by atoms with Gasteiger partial charge in [-0.3, -0.25) is 4.79 Å². The lowest BCUT2D eigenvalue weighted by molar-refractivity contribution is -0.208. The van der Waals surface area contributed by atoms with Crippen LogP contribution in [0, 0.1) is 46.3 Å². The number of carbonyl (C=O) groups excluding carboxylic acids is 1. The second-order valence-corrected chi connectivity index (χ2v) is 17.4. The van der Waals surface area contributed by atoms with E-state index < -0.39 is 5.60 Å². The summed E-state index contributed by atoms with van der Waals surface area (Å²) in [6.07, 6.45) is 9.85. The van der Waals surface area contributed by atoms with E-state index in [1.165, 1.54) is 37.3 Å². The maximum absolute atomic E-state index is 12.4. The van der Waals surface area contributed by atoms with Crippen molar-refractivity contribution in [3.8, 4) is 0 Å². The van der Waals surface area contributed by atoms with E-state index >= 15 is 0 Å². The summed E-state index contributed by atoms with van der Waals surface area (Å²) >= 11 is 0. The van der Waals surface area contributed by atoms with E-state index in [1.807, 2.05) is 6.92 Å². The van der Waals surface area contributed by atoms with E-state index in [0.29, 0.717) is 49.6 Å². The Morgan fingerprint density at radius 2 is 1.59 bits per heavy atom.